The van der Waals surface area contributed by atoms with Crippen molar-refractivity contribution in [1.82, 2.24) is 0 Å². The van der Waals surface area contributed by atoms with E-state index in [1.54, 1.807) is 0 Å². The van der Waals surface area contributed by atoms with Gasteiger partial charge in [-0.05, 0) is 103 Å². The number of hydrogen-bond acceptors (Lipinski definition) is 3. The molecule has 0 spiro atoms. The van der Waals surface area contributed by atoms with Crippen molar-refractivity contribution >= 4 is 23.6 Å². The summed E-state index contributed by atoms with van der Waals surface area (Å²) in [7, 11) is 1.59. The van der Waals surface area contributed by atoms with Gasteiger partial charge in [0.25, 0.3) is 0 Å². The third-order valence-corrected chi connectivity index (χ3v) is 15.1. The van der Waals surface area contributed by atoms with E-state index in [1.165, 1.54) is 75.6 Å². The minimum absolute atomic E-state index is 0.00975. The van der Waals surface area contributed by atoms with Gasteiger partial charge in [-0.15, -0.1) is 0 Å². The molecular weight excluding hydrogens is 671 g/mol. The maximum absolute atomic E-state index is 4.50. The molecule has 0 amide bonds. The number of benzene rings is 3. The van der Waals surface area contributed by atoms with Crippen molar-refractivity contribution in [3.05, 3.63) is 118 Å². The van der Waals surface area contributed by atoms with Gasteiger partial charge in [0.1, 0.15) is 0 Å². The highest BCUT2D eigenvalue weighted by atomic mass is 28.3. The van der Waals surface area contributed by atoms with Crippen LogP contribution in [0.3, 0.4) is 0 Å². The summed E-state index contributed by atoms with van der Waals surface area (Å²) in [5.41, 5.74) is 23.5. The van der Waals surface area contributed by atoms with Crippen LogP contribution in [0.5, 0.6) is 0 Å². The van der Waals surface area contributed by atoms with E-state index < -0.39 is 8.07 Å². The van der Waals surface area contributed by atoms with Crippen LogP contribution in [0.1, 0.15) is 158 Å². The zero-order valence-corrected chi connectivity index (χ0v) is 39.7. The highest BCUT2D eigenvalue weighted by Crippen LogP contribution is 2.37. The highest BCUT2D eigenvalue weighted by Gasteiger charge is 2.48. The molecule has 3 nitrogen and oxygen atoms in total. The first-order valence-corrected chi connectivity index (χ1v) is 22.0. The second-order valence-corrected chi connectivity index (χ2v) is 24.6. The summed E-state index contributed by atoms with van der Waals surface area (Å²) in [6, 6.07) is 23.1. The van der Waals surface area contributed by atoms with Crippen molar-refractivity contribution in [2.24, 2.45) is 17.2 Å². The SMILES string of the molecule is CC(C)(C)c1cc(C(C)(C)C)cc([Si]([C]2C=CC=C2)(c2cc(C(C)(C)C)cc(C(C)(C)C)c2)c2cc(C(C)(C)C)cc(C(C)(C)C)c2)c1.CN.CN.CN. The van der Waals surface area contributed by atoms with Gasteiger partial charge in [0, 0.05) is 5.54 Å². The Kier molecular flexibility index (Phi) is 16.4. The van der Waals surface area contributed by atoms with Crippen LogP contribution in [0, 0.1) is 5.54 Å². The molecule has 0 aliphatic heterocycles. The minimum Gasteiger partial charge on any atom is -0.333 e. The normalized spacial score (nSPS) is 14.1. The number of nitrogens with two attached hydrogens (primary N) is 3. The fraction of sp³-hybridized carbons (Fsp3) is 0.540. The Bertz CT molecular complexity index is 1430. The lowest BCUT2D eigenvalue weighted by Gasteiger charge is -2.42. The first-order chi connectivity index (χ1) is 24.6. The standard InChI is InChI=1S/C47H67Si.3CH5N/c1-42(2,3)32-23-33(43(4,5)6)27-39(26-32)48(38-21-19-20-22-38,40-28-34(44(7,8)9)24-35(29-40)45(10,11)12)41-30-36(46(13,14)15)25-37(31-41)47(16,17)18;3*1-2/h19-31H,1-18H3;3*2H2,1H3. The van der Waals surface area contributed by atoms with Crippen LogP contribution in [0.25, 0.3) is 0 Å². The van der Waals surface area contributed by atoms with E-state index in [2.05, 4.69) is 221 Å². The summed E-state index contributed by atoms with van der Waals surface area (Å²) in [5.74, 6) is 0. The van der Waals surface area contributed by atoms with Gasteiger partial charge >= 0.3 is 0 Å². The number of allylic oxidation sites excluding steroid dienone is 4. The van der Waals surface area contributed by atoms with Crippen molar-refractivity contribution in [2.45, 2.75) is 157 Å². The fourth-order valence-corrected chi connectivity index (χ4v) is 11.7. The summed E-state index contributed by atoms with van der Waals surface area (Å²) in [6.07, 6.45) is 9.42. The summed E-state index contributed by atoms with van der Waals surface area (Å²) in [4.78, 5) is 0. The molecule has 3 aromatic carbocycles. The van der Waals surface area contributed by atoms with Crippen LogP contribution in [-0.4, -0.2) is 29.2 Å². The zero-order chi connectivity index (χ0) is 42.5. The van der Waals surface area contributed by atoms with E-state index in [-0.39, 0.29) is 32.5 Å². The van der Waals surface area contributed by atoms with Crippen LogP contribution in [0.2, 0.25) is 0 Å². The fourth-order valence-electron chi connectivity index (χ4n) is 6.75. The van der Waals surface area contributed by atoms with E-state index >= 15 is 0 Å². The Labute approximate surface area is 335 Å². The first kappa shape index (κ1) is 49.3. The van der Waals surface area contributed by atoms with E-state index in [1.807, 2.05) is 0 Å². The molecule has 4 rings (SSSR count). The Morgan fingerprint density at radius 3 is 0.611 bits per heavy atom. The maximum atomic E-state index is 4.50. The smallest absolute Gasteiger partial charge is 0.162 e. The zero-order valence-electron chi connectivity index (χ0n) is 38.7. The monoisotopic (exact) mass is 753 g/mol. The van der Waals surface area contributed by atoms with Crippen LogP contribution in [0.4, 0.5) is 0 Å². The predicted molar refractivity (Wildman–Crippen MR) is 248 cm³/mol. The van der Waals surface area contributed by atoms with Crippen LogP contribution >= 0.6 is 0 Å². The molecule has 0 fully saturated rings. The predicted octanol–water partition coefficient (Wildman–Crippen LogP) is 9.91. The second-order valence-electron chi connectivity index (χ2n) is 20.8. The van der Waals surface area contributed by atoms with Crippen molar-refractivity contribution < 1.29 is 0 Å². The minimum atomic E-state index is -2.91. The molecule has 0 saturated heterocycles. The Morgan fingerprint density at radius 2 is 0.463 bits per heavy atom. The summed E-state index contributed by atoms with van der Waals surface area (Å²) < 4.78 is 0. The second kappa shape index (κ2) is 18.0. The van der Waals surface area contributed by atoms with Gasteiger partial charge in [-0.2, -0.15) is 0 Å². The molecule has 6 N–H and O–H groups in total. The largest absolute Gasteiger partial charge is 0.333 e. The lowest BCUT2D eigenvalue weighted by molar-refractivity contribution is 0.569. The summed E-state index contributed by atoms with van der Waals surface area (Å²) in [5, 5.41) is 4.47. The number of rotatable bonds is 4. The maximum Gasteiger partial charge on any atom is 0.162 e. The van der Waals surface area contributed by atoms with Crippen molar-refractivity contribution in [2.75, 3.05) is 21.1 Å². The molecule has 0 heterocycles. The van der Waals surface area contributed by atoms with Crippen LogP contribution < -0.4 is 32.8 Å². The quantitative estimate of drug-likeness (QED) is 0.184. The molecule has 301 valence electrons. The van der Waals surface area contributed by atoms with Gasteiger partial charge in [0.2, 0.25) is 0 Å². The molecule has 54 heavy (non-hydrogen) atoms. The highest BCUT2D eigenvalue weighted by molar-refractivity contribution is 7.15. The van der Waals surface area contributed by atoms with Gasteiger partial charge in [-0.25, -0.2) is 0 Å². The molecule has 1 aliphatic carbocycles. The molecule has 1 radical (unpaired) electrons. The Balaban J connectivity index is 0.00000231. The van der Waals surface area contributed by atoms with Crippen molar-refractivity contribution in [3.63, 3.8) is 0 Å². The summed E-state index contributed by atoms with van der Waals surface area (Å²) in [6.45, 7) is 42.8. The van der Waals surface area contributed by atoms with E-state index in [0.29, 0.717) is 0 Å². The molecule has 0 saturated carbocycles. The Hall–Kier alpha value is -2.76. The van der Waals surface area contributed by atoms with Gasteiger partial charge < -0.3 is 17.2 Å². The molecule has 0 aromatic heterocycles. The van der Waals surface area contributed by atoms with Crippen LogP contribution in [0.15, 0.2) is 78.9 Å². The van der Waals surface area contributed by atoms with Gasteiger partial charge in [-0.3, -0.25) is 0 Å². The molecular formula is C50H82N3Si. The van der Waals surface area contributed by atoms with E-state index in [9.17, 15) is 0 Å². The van der Waals surface area contributed by atoms with Gasteiger partial charge in [0.05, 0.1) is 0 Å². The molecule has 3 aromatic rings. The van der Waals surface area contributed by atoms with Crippen LogP contribution in [-0.2, 0) is 32.5 Å². The molecule has 1 aliphatic rings. The first-order valence-electron chi connectivity index (χ1n) is 20.0. The van der Waals surface area contributed by atoms with Gasteiger partial charge in [0.15, 0.2) is 8.07 Å². The topological polar surface area (TPSA) is 78.1 Å². The lowest BCUT2D eigenvalue weighted by atomic mass is 9.80. The third kappa shape index (κ3) is 11.4. The van der Waals surface area contributed by atoms with E-state index in [0.717, 1.165) is 0 Å². The average Bonchev–Trinajstić information content (AvgIpc) is 3.60. The van der Waals surface area contributed by atoms with Gasteiger partial charge in [-0.1, -0.05) is 204 Å². The number of hydrogen-bond donors (Lipinski definition) is 3. The molecule has 0 bridgehead atoms. The molecule has 4 heteroatoms. The third-order valence-electron chi connectivity index (χ3n) is 10.4. The average molecular weight is 753 g/mol. The molecule has 0 atom stereocenters. The lowest BCUT2D eigenvalue weighted by Crippen LogP contribution is -2.71. The Morgan fingerprint density at radius 1 is 0.296 bits per heavy atom. The summed E-state index contributed by atoms with van der Waals surface area (Å²) >= 11 is 0. The van der Waals surface area contributed by atoms with E-state index in [4.69, 9.17) is 0 Å². The van der Waals surface area contributed by atoms with Crippen molar-refractivity contribution in [1.29, 1.82) is 0 Å². The van der Waals surface area contributed by atoms with Crippen molar-refractivity contribution in [3.8, 4) is 0 Å². The molecule has 0 unspecified atom stereocenters.